The molecular weight excluding hydrogens is 402 g/mol. The van der Waals surface area contributed by atoms with Gasteiger partial charge in [-0.15, -0.1) is 0 Å². The molecule has 3 rings (SSSR count). The van der Waals surface area contributed by atoms with Gasteiger partial charge >= 0.3 is 5.97 Å². The summed E-state index contributed by atoms with van der Waals surface area (Å²) >= 11 is 5.77. The lowest BCUT2D eigenvalue weighted by atomic mass is 10.1. The number of hydrogen-bond donors (Lipinski definition) is 1. The molecule has 9 nitrogen and oxygen atoms in total. The molecule has 2 aromatic rings. The summed E-state index contributed by atoms with van der Waals surface area (Å²) in [5.41, 5.74) is 0.871. The molecule has 29 heavy (non-hydrogen) atoms. The highest BCUT2D eigenvalue weighted by molar-refractivity contribution is 6.30. The molecule has 2 amide bonds. The molecular formula is C19H16ClN3O6. The summed E-state index contributed by atoms with van der Waals surface area (Å²) in [7, 11) is 0. The van der Waals surface area contributed by atoms with Gasteiger partial charge in [0, 0.05) is 41.5 Å². The first-order valence-corrected chi connectivity index (χ1v) is 8.98. The number of rotatable bonds is 6. The second-order valence-corrected chi connectivity index (χ2v) is 6.78. The highest BCUT2D eigenvalue weighted by Gasteiger charge is 2.36. The van der Waals surface area contributed by atoms with Gasteiger partial charge in [0.05, 0.1) is 10.8 Å². The van der Waals surface area contributed by atoms with Crippen LogP contribution in [0.1, 0.15) is 6.42 Å². The van der Waals surface area contributed by atoms with E-state index in [1.54, 1.807) is 24.3 Å². The van der Waals surface area contributed by atoms with E-state index in [2.05, 4.69) is 5.32 Å². The van der Waals surface area contributed by atoms with Crippen LogP contribution < -0.4 is 10.2 Å². The van der Waals surface area contributed by atoms with Crippen molar-refractivity contribution in [3.8, 4) is 0 Å². The predicted octanol–water partition coefficient (Wildman–Crippen LogP) is 2.78. The summed E-state index contributed by atoms with van der Waals surface area (Å²) in [6, 6.07) is 11.9. The Balaban J connectivity index is 1.52. The Hall–Kier alpha value is -3.46. The van der Waals surface area contributed by atoms with Crippen LogP contribution in [0.5, 0.6) is 0 Å². The fourth-order valence-electron chi connectivity index (χ4n) is 2.85. The lowest BCUT2D eigenvalue weighted by Crippen LogP contribution is -2.28. The van der Waals surface area contributed by atoms with Gasteiger partial charge in [0.15, 0.2) is 6.61 Å². The molecule has 0 bridgehead atoms. The number of hydrogen-bond acceptors (Lipinski definition) is 6. The van der Waals surface area contributed by atoms with Crippen molar-refractivity contribution in [3.63, 3.8) is 0 Å². The largest absolute Gasteiger partial charge is 0.455 e. The second-order valence-electron chi connectivity index (χ2n) is 6.34. The number of esters is 1. The highest BCUT2D eigenvalue weighted by Crippen LogP contribution is 2.27. The van der Waals surface area contributed by atoms with Crippen LogP contribution >= 0.6 is 11.6 Å². The van der Waals surface area contributed by atoms with E-state index in [0.29, 0.717) is 16.4 Å². The molecule has 1 aliphatic rings. The molecule has 1 saturated heterocycles. The normalized spacial score (nSPS) is 15.8. The molecule has 2 aromatic carbocycles. The Kier molecular flexibility index (Phi) is 6.08. The summed E-state index contributed by atoms with van der Waals surface area (Å²) < 4.78 is 5.02. The van der Waals surface area contributed by atoms with Gasteiger partial charge in [0.2, 0.25) is 5.91 Å². The molecule has 1 aliphatic heterocycles. The summed E-state index contributed by atoms with van der Waals surface area (Å²) in [4.78, 5) is 47.9. The van der Waals surface area contributed by atoms with Crippen molar-refractivity contribution in [1.29, 1.82) is 0 Å². The average molecular weight is 418 g/mol. The summed E-state index contributed by atoms with van der Waals surface area (Å²) in [5.74, 6) is -2.20. The van der Waals surface area contributed by atoms with Crippen LogP contribution in [0.4, 0.5) is 17.1 Å². The number of anilines is 2. The third-order valence-electron chi connectivity index (χ3n) is 4.30. The molecule has 0 saturated carbocycles. The van der Waals surface area contributed by atoms with E-state index in [4.69, 9.17) is 16.3 Å². The van der Waals surface area contributed by atoms with Crippen LogP contribution in [0, 0.1) is 16.0 Å². The van der Waals surface area contributed by atoms with Crippen LogP contribution in [0.3, 0.4) is 0 Å². The van der Waals surface area contributed by atoms with Crippen molar-refractivity contribution in [2.75, 3.05) is 23.4 Å². The third-order valence-corrected chi connectivity index (χ3v) is 4.56. The molecule has 0 unspecified atom stereocenters. The molecule has 1 heterocycles. The van der Waals surface area contributed by atoms with Gasteiger partial charge in [-0.05, 0) is 36.4 Å². The van der Waals surface area contributed by atoms with Crippen LogP contribution in [0.25, 0.3) is 0 Å². The van der Waals surface area contributed by atoms with Gasteiger partial charge in [-0.3, -0.25) is 24.5 Å². The van der Waals surface area contributed by atoms with E-state index >= 15 is 0 Å². The molecule has 0 radical (unpaired) electrons. The number of carbonyl (C=O) groups excluding carboxylic acids is 3. The van der Waals surface area contributed by atoms with Gasteiger partial charge in [-0.25, -0.2) is 0 Å². The van der Waals surface area contributed by atoms with E-state index in [1.165, 1.54) is 29.2 Å². The number of nitrogens with one attached hydrogen (secondary N) is 1. The topological polar surface area (TPSA) is 119 Å². The number of non-ortho nitro benzene ring substituents is 1. The monoisotopic (exact) mass is 417 g/mol. The summed E-state index contributed by atoms with van der Waals surface area (Å²) in [6.45, 7) is -0.405. The van der Waals surface area contributed by atoms with E-state index in [9.17, 15) is 24.5 Å². The molecule has 0 spiro atoms. The Morgan fingerprint density at radius 1 is 1.17 bits per heavy atom. The van der Waals surface area contributed by atoms with Crippen LogP contribution in [-0.2, 0) is 19.1 Å². The predicted molar refractivity (Wildman–Crippen MR) is 105 cm³/mol. The van der Waals surface area contributed by atoms with Crippen molar-refractivity contribution < 1.29 is 24.0 Å². The number of nitro benzene ring substituents is 1. The van der Waals surface area contributed by atoms with Gasteiger partial charge in [-0.1, -0.05) is 11.6 Å². The fraction of sp³-hybridized carbons (Fsp3) is 0.211. The minimum atomic E-state index is -0.721. The first-order valence-electron chi connectivity index (χ1n) is 8.60. The lowest BCUT2D eigenvalue weighted by Gasteiger charge is -2.16. The Labute approximate surface area is 170 Å². The molecule has 10 heteroatoms. The van der Waals surface area contributed by atoms with Gasteiger partial charge in [0.25, 0.3) is 11.6 Å². The van der Waals surface area contributed by atoms with Crippen molar-refractivity contribution in [2.24, 2.45) is 5.92 Å². The van der Waals surface area contributed by atoms with Crippen molar-refractivity contribution >= 4 is 46.4 Å². The smallest absolute Gasteiger partial charge is 0.311 e. The van der Waals surface area contributed by atoms with E-state index < -0.39 is 29.3 Å². The third kappa shape index (κ3) is 5.08. The van der Waals surface area contributed by atoms with Gasteiger partial charge < -0.3 is 15.0 Å². The Bertz CT molecular complexity index is 945. The lowest BCUT2D eigenvalue weighted by molar-refractivity contribution is -0.384. The van der Waals surface area contributed by atoms with E-state index in [-0.39, 0.29) is 24.6 Å². The molecule has 1 fully saturated rings. The van der Waals surface area contributed by atoms with Crippen LogP contribution in [-0.4, -0.2) is 35.9 Å². The summed E-state index contributed by atoms with van der Waals surface area (Å²) in [6.07, 6.45) is -0.0609. The number of carbonyl (C=O) groups is 3. The molecule has 150 valence electrons. The highest BCUT2D eigenvalue weighted by atomic mass is 35.5. The standard InChI is InChI=1S/C19H16ClN3O6/c20-13-1-3-14(4-2-13)21-17(24)11-29-19(26)12-9-18(25)22(10-12)15-5-7-16(8-6-15)23(27)28/h1-8,12H,9-11H2,(H,21,24)/t12-/m1/s1. The quantitative estimate of drug-likeness (QED) is 0.438. The van der Waals surface area contributed by atoms with Crippen molar-refractivity contribution in [3.05, 3.63) is 63.7 Å². The average Bonchev–Trinajstić information content (AvgIpc) is 3.09. The zero-order valence-corrected chi connectivity index (χ0v) is 15.8. The number of halogens is 1. The van der Waals surface area contributed by atoms with Crippen LogP contribution in [0.15, 0.2) is 48.5 Å². The van der Waals surface area contributed by atoms with Crippen molar-refractivity contribution in [2.45, 2.75) is 6.42 Å². The number of nitrogens with zero attached hydrogens (tertiary/aromatic N) is 2. The first kappa shape index (κ1) is 20.3. The number of amides is 2. The second kappa shape index (κ2) is 8.70. The number of nitro groups is 1. The molecule has 1 N–H and O–H groups in total. The minimum absolute atomic E-state index is 0.0609. The Morgan fingerprint density at radius 2 is 1.83 bits per heavy atom. The minimum Gasteiger partial charge on any atom is -0.455 e. The van der Waals surface area contributed by atoms with Gasteiger partial charge in [-0.2, -0.15) is 0 Å². The maximum atomic E-state index is 12.2. The number of ether oxygens (including phenoxy) is 1. The van der Waals surface area contributed by atoms with E-state index in [1.807, 2.05) is 0 Å². The first-order chi connectivity index (χ1) is 13.8. The fourth-order valence-corrected chi connectivity index (χ4v) is 2.98. The molecule has 0 aliphatic carbocycles. The molecule has 0 aromatic heterocycles. The van der Waals surface area contributed by atoms with Crippen molar-refractivity contribution in [1.82, 2.24) is 0 Å². The summed E-state index contributed by atoms with van der Waals surface area (Å²) in [5, 5.41) is 13.8. The molecule has 1 atom stereocenters. The zero-order valence-electron chi connectivity index (χ0n) is 15.0. The number of benzene rings is 2. The van der Waals surface area contributed by atoms with Gasteiger partial charge in [0.1, 0.15) is 0 Å². The Morgan fingerprint density at radius 3 is 2.45 bits per heavy atom. The zero-order chi connectivity index (χ0) is 21.0. The maximum absolute atomic E-state index is 12.2. The maximum Gasteiger partial charge on any atom is 0.311 e. The van der Waals surface area contributed by atoms with E-state index in [0.717, 1.165) is 0 Å². The van der Waals surface area contributed by atoms with Crippen LogP contribution in [0.2, 0.25) is 5.02 Å². The SMILES string of the molecule is O=C(COC(=O)[C@@H]1CC(=O)N(c2ccc([N+](=O)[O-])cc2)C1)Nc1ccc(Cl)cc1.